The van der Waals surface area contributed by atoms with Crippen molar-refractivity contribution >= 4 is 0 Å². The molecule has 1 N–H and O–H groups in total. The van der Waals surface area contributed by atoms with E-state index < -0.39 is 18.3 Å². The highest BCUT2D eigenvalue weighted by atomic mass is 19.4. The summed E-state index contributed by atoms with van der Waals surface area (Å²) in [5.41, 5.74) is 3.41. The van der Waals surface area contributed by atoms with Gasteiger partial charge in [-0.2, -0.15) is 0 Å². The second kappa shape index (κ2) is 7.43. The van der Waals surface area contributed by atoms with E-state index in [1.54, 1.807) is 0 Å². The van der Waals surface area contributed by atoms with Gasteiger partial charge in [0.25, 0.3) is 0 Å². The molecule has 0 fully saturated rings. The molecule has 1 aromatic heterocycles. The molecule has 3 aromatic rings. The lowest BCUT2D eigenvalue weighted by Gasteiger charge is -2.11. The predicted molar refractivity (Wildman–Crippen MR) is 88.5 cm³/mol. The fraction of sp³-hybridized carbons (Fsp3) is 0.111. The van der Waals surface area contributed by atoms with Crippen molar-refractivity contribution in [1.29, 1.82) is 0 Å². The van der Waals surface area contributed by atoms with Crippen molar-refractivity contribution in [1.82, 2.24) is 15.7 Å². The van der Waals surface area contributed by atoms with Crippen LogP contribution in [0.25, 0.3) is 11.5 Å². The Balaban J connectivity index is 1.47. The van der Waals surface area contributed by atoms with Gasteiger partial charge >= 0.3 is 6.36 Å². The number of nitrogens with zero attached hydrogens (tertiary/aromatic N) is 2. The molecule has 0 saturated heterocycles. The molecular weight excluding hydrogens is 398 g/mol. The molecular formula is C18H11F4N3O4. The molecule has 0 aliphatic carbocycles. The summed E-state index contributed by atoms with van der Waals surface area (Å²) in [4.78, 5) is 5.33. The molecule has 1 aliphatic rings. The molecule has 150 valence electrons. The monoisotopic (exact) mass is 409 g/mol. The number of nitrogens with one attached hydrogen (secondary N) is 1. The zero-order chi connectivity index (χ0) is 20.4. The van der Waals surface area contributed by atoms with Crippen LogP contribution in [0.2, 0.25) is 0 Å². The summed E-state index contributed by atoms with van der Waals surface area (Å²) in [6.07, 6.45) is -2.74. The first-order chi connectivity index (χ1) is 13.9. The summed E-state index contributed by atoms with van der Waals surface area (Å²) in [6, 6.07) is 9.03. The van der Waals surface area contributed by atoms with Gasteiger partial charge in [-0.25, -0.2) is 9.87 Å². The van der Waals surface area contributed by atoms with E-state index in [2.05, 4.69) is 20.4 Å². The molecule has 1 aliphatic heterocycles. The Morgan fingerprint density at radius 3 is 2.52 bits per heavy atom. The Labute approximate surface area is 160 Å². The summed E-state index contributed by atoms with van der Waals surface area (Å²) < 4.78 is 64.9. The average Bonchev–Trinajstić information content (AvgIpc) is 3.32. The third kappa shape index (κ3) is 4.63. The Bertz CT molecular complexity index is 1020. The normalized spacial score (nSPS) is 16.3. The van der Waals surface area contributed by atoms with Gasteiger partial charge in [0.1, 0.15) is 23.4 Å². The van der Waals surface area contributed by atoms with Crippen molar-refractivity contribution in [2.24, 2.45) is 0 Å². The SMILES string of the molecule is Fc1cc(OC2=C[C@@H](c3ccc(OC(F)(F)F)cc3)ON2)cc(-c2nnco2)c1. The number of hydroxylamine groups is 1. The van der Waals surface area contributed by atoms with Crippen LogP contribution in [0, 0.1) is 5.82 Å². The van der Waals surface area contributed by atoms with Crippen LogP contribution in [0.3, 0.4) is 0 Å². The first-order valence-electron chi connectivity index (χ1n) is 8.10. The molecule has 1 atom stereocenters. The maximum Gasteiger partial charge on any atom is 0.573 e. The van der Waals surface area contributed by atoms with E-state index in [9.17, 15) is 17.6 Å². The molecule has 7 nitrogen and oxygen atoms in total. The van der Waals surface area contributed by atoms with Crippen LogP contribution < -0.4 is 15.0 Å². The van der Waals surface area contributed by atoms with Crippen LogP contribution >= 0.6 is 0 Å². The molecule has 0 saturated carbocycles. The van der Waals surface area contributed by atoms with Gasteiger partial charge in [-0.3, -0.25) is 4.84 Å². The van der Waals surface area contributed by atoms with Crippen LogP contribution in [-0.4, -0.2) is 16.6 Å². The van der Waals surface area contributed by atoms with Crippen LogP contribution in [0.15, 0.2) is 65.2 Å². The average molecular weight is 409 g/mol. The number of rotatable bonds is 5. The van der Waals surface area contributed by atoms with Gasteiger partial charge in [0.05, 0.1) is 0 Å². The lowest BCUT2D eigenvalue weighted by atomic mass is 10.1. The highest BCUT2D eigenvalue weighted by Gasteiger charge is 2.31. The maximum atomic E-state index is 13.9. The minimum Gasteiger partial charge on any atom is -0.439 e. The van der Waals surface area contributed by atoms with Gasteiger partial charge in [-0.05, 0) is 29.8 Å². The number of ether oxygens (including phenoxy) is 2. The molecule has 4 rings (SSSR count). The molecule has 2 heterocycles. The summed E-state index contributed by atoms with van der Waals surface area (Å²) in [5, 5.41) is 7.24. The van der Waals surface area contributed by atoms with E-state index in [0.29, 0.717) is 11.1 Å². The number of aromatic nitrogens is 2. The van der Waals surface area contributed by atoms with Gasteiger partial charge in [-0.15, -0.1) is 23.4 Å². The topological polar surface area (TPSA) is 78.6 Å². The molecule has 0 unspecified atom stereocenters. The lowest BCUT2D eigenvalue weighted by Crippen LogP contribution is -2.17. The predicted octanol–water partition coefficient (Wildman–Crippen LogP) is 4.27. The zero-order valence-electron chi connectivity index (χ0n) is 14.3. The standard InChI is InChI=1S/C18H11F4N3O4/c19-12-5-11(17-24-23-9-26-17)6-14(7-12)27-16-8-15(29-25-16)10-1-3-13(4-2-10)28-18(20,21)22/h1-9,15,25H/t15-/m0/s1. The largest absolute Gasteiger partial charge is 0.573 e. The van der Waals surface area contributed by atoms with Crippen molar-refractivity contribution < 1.29 is 36.3 Å². The van der Waals surface area contributed by atoms with E-state index >= 15 is 0 Å². The molecule has 0 amide bonds. The molecule has 2 aromatic carbocycles. The molecule has 11 heteroatoms. The van der Waals surface area contributed by atoms with E-state index in [0.717, 1.165) is 12.5 Å². The van der Waals surface area contributed by atoms with Gasteiger partial charge in [0.2, 0.25) is 18.2 Å². The Hall–Kier alpha value is -3.60. The number of benzene rings is 2. The van der Waals surface area contributed by atoms with Crippen molar-refractivity contribution in [3.05, 3.63) is 72.2 Å². The number of alkyl halides is 3. The zero-order valence-corrected chi connectivity index (χ0v) is 14.3. The first-order valence-corrected chi connectivity index (χ1v) is 8.10. The highest BCUT2D eigenvalue weighted by molar-refractivity contribution is 5.55. The van der Waals surface area contributed by atoms with Gasteiger partial charge < -0.3 is 13.9 Å². The quantitative estimate of drug-likeness (QED) is 0.631. The van der Waals surface area contributed by atoms with E-state index in [-0.39, 0.29) is 23.3 Å². The fourth-order valence-corrected chi connectivity index (χ4v) is 2.58. The lowest BCUT2D eigenvalue weighted by molar-refractivity contribution is -0.274. The Morgan fingerprint density at radius 1 is 1.03 bits per heavy atom. The molecule has 29 heavy (non-hydrogen) atoms. The van der Waals surface area contributed by atoms with Crippen molar-refractivity contribution in [3.8, 4) is 23.0 Å². The third-order valence-corrected chi connectivity index (χ3v) is 3.74. The summed E-state index contributed by atoms with van der Waals surface area (Å²) in [7, 11) is 0. The van der Waals surface area contributed by atoms with Gasteiger partial charge in [0, 0.05) is 17.7 Å². The van der Waals surface area contributed by atoms with Crippen molar-refractivity contribution in [2.75, 3.05) is 0 Å². The van der Waals surface area contributed by atoms with E-state index in [1.165, 1.54) is 42.5 Å². The van der Waals surface area contributed by atoms with Gasteiger partial charge in [0.15, 0.2) is 0 Å². The number of hydrogen-bond donors (Lipinski definition) is 1. The fourth-order valence-electron chi connectivity index (χ4n) is 2.58. The Morgan fingerprint density at radius 2 is 1.83 bits per heavy atom. The second-order valence-corrected chi connectivity index (χ2v) is 5.81. The van der Waals surface area contributed by atoms with Crippen LogP contribution in [0.4, 0.5) is 17.6 Å². The molecule has 0 spiro atoms. The summed E-state index contributed by atoms with van der Waals surface area (Å²) in [5.74, 6) is -0.478. The minimum atomic E-state index is -4.76. The maximum absolute atomic E-state index is 13.9. The summed E-state index contributed by atoms with van der Waals surface area (Å²) >= 11 is 0. The Kier molecular flexibility index (Phi) is 4.80. The van der Waals surface area contributed by atoms with Crippen molar-refractivity contribution in [2.45, 2.75) is 12.5 Å². The van der Waals surface area contributed by atoms with E-state index in [1.807, 2.05) is 0 Å². The van der Waals surface area contributed by atoms with Crippen LogP contribution in [0.5, 0.6) is 11.5 Å². The minimum absolute atomic E-state index is 0.123. The molecule has 0 radical (unpaired) electrons. The third-order valence-electron chi connectivity index (χ3n) is 3.74. The molecule has 0 bridgehead atoms. The van der Waals surface area contributed by atoms with E-state index in [4.69, 9.17) is 14.0 Å². The second-order valence-electron chi connectivity index (χ2n) is 5.81. The van der Waals surface area contributed by atoms with Crippen molar-refractivity contribution in [3.63, 3.8) is 0 Å². The number of halogens is 4. The number of hydrogen-bond acceptors (Lipinski definition) is 7. The smallest absolute Gasteiger partial charge is 0.439 e. The highest BCUT2D eigenvalue weighted by Crippen LogP contribution is 2.30. The van der Waals surface area contributed by atoms with Gasteiger partial charge in [-0.1, -0.05) is 12.1 Å². The van der Waals surface area contributed by atoms with Crippen LogP contribution in [0.1, 0.15) is 11.7 Å². The first kappa shape index (κ1) is 18.7. The summed E-state index contributed by atoms with van der Waals surface area (Å²) in [6.45, 7) is 0. The van der Waals surface area contributed by atoms with Crippen LogP contribution in [-0.2, 0) is 4.84 Å².